The van der Waals surface area contributed by atoms with Crippen LogP contribution in [0.1, 0.15) is 16.0 Å². The fourth-order valence-corrected chi connectivity index (χ4v) is 2.76. The summed E-state index contributed by atoms with van der Waals surface area (Å²) in [5.74, 6) is -1.71. The quantitative estimate of drug-likeness (QED) is 0.708. The first-order chi connectivity index (χ1) is 7.59. The Balaban J connectivity index is 2.38. The average molecular weight is 352 g/mol. The summed E-state index contributed by atoms with van der Waals surface area (Å²) in [7, 11) is 0. The standard InChI is InChI=1S/C11H6Br2F2O/c12-10(7-3-4-16-11(7)13)6-1-2-8(14)9(15)5-6/h1-5,10H. The van der Waals surface area contributed by atoms with Crippen molar-refractivity contribution in [3.05, 3.63) is 58.0 Å². The third-order valence-electron chi connectivity index (χ3n) is 2.16. The molecule has 1 nitrogen and oxygen atoms in total. The Kier molecular flexibility index (Phi) is 3.44. The highest BCUT2D eigenvalue weighted by Gasteiger charge is 2.17. The highest BCUT2D eigenvalue weighted by atomic mass is 79.9. The molecular weight excluding hydrogens is 346 g/mol. The minimum atomic E-state index is -0.860. The summed E-state index contributed by atoms with van der Waals surface area (Å²) in [5, 5.41) is 0. The van der Waals surface area contributed by atoms with Crippen molar-refractivity contribution >= 4 is 31.9 Å². The van der Waals surface area contributed by atoms with Crippen LogP contribution in [0.15, 0.2) is 39.6 Å². The van der Waals surface area contributed by atoms with Crippen molar-refractivity contribution in [1.29, 1.82) is 0 Å². The highest BCUT2D eigenvalue weighted by molar-refractivity contribution is 9.10. The van der Waals surface area contributed by atoms with Crippen molar-refractivity contribution in [1.82, 2.24) is 0 Å². The lowest BCUT2D eigenvalue weighted by atomic mass is 10.1. The maximum atomic E-state index is 13.1. The molecule has 1 heterocycles. The van der Waals surface area contributed by atoms with Gasteiger partial charge in [-0.15, -0.1) is 0 Å². The fraction of sp³-hybridized carbons (Fsp3) is 0.0909. The average Bonchev–Trinajstić information content (AvgIpc) is 2.67. The molecule has 0 radical (unpaired) electrons. The Hall–Kier alpha value is -0.680. The van der Waals surface area contributed by atoms with Crippen LogP contribution in [0.4, 0.5) is 8.78 Å². The zero-order valence-corrected chi connectivity index (χ0v) is 11.1. The van der Waals surface area contributed by atoms with Gasteiger partial charge in [0.2, 0.25) is 0 Å². The lowest BCUT2D eigenvalue weighted by molar-refractivity contribution is 0.507. The number of hydrogen-bond donors (Lipinski definition) is 0. The molecule has 1 aromatic heterocycles. The fourth-order valence-electron chi connectivity index (χ4n) is 1.33. The van der Waals surface area contributed by atoms with Crippen LogP contribution in [0.2, 0.25) is 0 Å². The minimum Gasteiger partial charge on any atom is -0.457 e. The van der Waals surface area contributed by atoms with Crippen molar-refractivity contribution in [2.45, 2.75) is 4.83 Å². The Morgan fingerprint density at radius 2 is 1.88 bits per heavy atom. The molecule has 0 fully saturated rings. The lowest BCUT2D eigenvalue weighted by Gasteiger charge is -2.08. The van der Waals surface area contributed by atoms with Crippen molar-refractivity contribution in [2.24, 2.45) is 0 Å². The van der Waals surface area contributed by atoms with E-state index < -0.39 is 11.6 Å². The first-order valence-corrected chi connectivity index (χ1v) is 6.12. The molecule has 2 aromatic rings. The number of alkyl halides is 1. The van der Waals surface area contributed by atoms with Crippen LogP contribution in [-0.4, -0.2) is 0 Å². The van der Waals surface area contributed by atoms with Crippen molar-refractivity contribution in [3.63, 3.8) is 0 Å². The first kappa shape index (κ1) is 11.8. The molecule has 2 rings (SSSR count). The van der Waals surface area contributed by atoms with Gasteiger partial charge >= 0.3 is 0 Å². The highest BCUT2D eigenvalue weighted by Crippen LogP contribution is 2.36. The van der Waals surface area contributed by atoms with Crippen molar-refractivity contribution in [3.8, 4) is 0 Å². The molecule has 5 heteroatoms. The smallest absolute Gasteiger partial charge is 0.173 e. The second-order valence-corrected chi connectivity index (χ2v) is 4.82. The van der Waals surface area contributed by atoms with Crippen molar-refractivity contribution < 1.29 is 13.2 Å². The lowest BCUT2D eigenvalue weighted by Crippen LogP contribution is -1.94. The summed E-state index contributed by atoms with van der Waals surface area (Å²) in [5.41, 5.74) is 1.45. The molecule has 16 heavy (non-hydrogen) atoms. The van der Waals surface area contributed by atoms with Crippen LogP contribution in [0.3, 0.4) is 0 Å². The van der Waals surface area contributed by atoms with E-state index in [4.69, 9.17) is 4.42 Å². The van der Waals surface area contributed by atoms with Crippen LogP contribution < -0.4 is 0 Å². The normalized spacial score (nSPS) is 12.8. The van der Waals surface area contributed by atoms with Gasteiger partial charge in [0, 0.05) is 5.56 Å². The van der Waals surface area contributed by atoms with Gasteiger partial charge in [-0.05, 0) is 39.7 Å². The van der Waals surface area contributed by atoms with E-state index in [1.165, 1.54) is 12.3 Å². The Labute approximate surface area is 108 Å². The molecule has 0 aliphatic carbocycles. The molecule has 0 bridgehead atoms. The second-order valence-electron chi connectivity index (χ2n) is 3.19. The van der Waals surface area contributed by atoms with E-state index in [1.54, 1.807) is 6.07 Å². The summed E-state index contributed by atoms with van der Waals surface area (Å²) >= 11 is 6.64. The van der Waals surface area contributed by atoms with Gasteiger partial charge < -0.3 is 4.42 Å². The predicted molar refractivity (Wildman–Crippen MR) is 63.5 cm³/mol. The molecule has 1 unspecified atom stereocenters. The summed E-state index contributed by atoms with van der Waals surface area (Å²) in [6, 6.07) is 5.54. The van der Waals surface area contributed by atoms with Crippen LogP contribution in [0, 0.1) is 11.6 Å². The molecule has 0 saturated heterocycles. The summed E-state index contributed by atoms with van der Waals surface area (Å²) in [4.78, 5) is -0.240. The summed E-state index contributed by atoms with van der Waals surface area (Å²) in [6.45, 7) is 0. The molecule has 0 N–H and O–H groups in total. The van der Waals surface area contributed by atoms with E-state index >= 15 is 0 Å². The maximum absolute atomic E-state index is 13.1. The van der Waals surface area contributed by atoms with Crippen LogP contribution in [0.5, 0.6) is 0 Å². The molecule has 0 amide bonds. The number of halogens is 4. The van der Waals surface area contributed by atoms with E-state index in [9.17, 15) is 8.78 Å². The SMILES string of the molecule is Fc1ccc(C(Br)c2ccoc2Br)cc1F. The predicted octanol–water partition coefficient (Wildman–Crippen LogP) is 4.80. The van der Waals surface area contributed by atoms with E-state index in [0.29, 0.717) is 10.2 Å². The van der Waals surface area contributed by atoms with Crippen LogP contribution in [-0.2, 0) is 0 Å². The van der Waals surface area contributed by atoms with Gasteiger partial charge in [-0.2, -0.15) is 0 Å². The first-order valence-electron chi connectivity index (χ1n) is 4.41. The largest absolute Gasteiger partial charge is 0.457 e. The van der Waals surface area contributed by atoms with Gasteiger partial charge in [-0.3, -0.25) is 0 Å². The molecule has 0 saturated carbocycles. The molecule has 0 spiro atoms. The number of furan rings is 1. The molecule has 0 aliphatic rings. The van der Waals surface area contributed by atoms with E-state index in [1.807, 2.05) is 0 Å². The van der Waals surface area contributed by atoms with Gasteiger partial charge in [-0.1, -0.05) is 22.0 Å². The third-order valence-corrected chi connectivity index (χ3v) is 3.82. The summed E-state index contributed by atoms with van der Waals surface area (Å²) < 4.78 is 31.5. The molecular formula is C11H6Br2F2O. The monoisotopic (exact) mass is 350 g/mol. The van der Waals surface area contributed by atoms with Crippen molar-refractivity contribution in [2.75, 3.05) is 0 Å². The third kappa shape index (κ3) is 2.20. The zero-order chi connectivity index (χ0) is 11.7. The Bertz CT molecular complexity index is 510. The minimum absolute atomic E-state index is 0.240. The molecule has 1 atom stereocenters. The number of rotatable bonds is 2. The van der Waals surface area contributed by atoms with E-state index in [2.05, 4.69) is 31.9 Å². The Morgan fingerprint density at radius 1 is 1.12 bits per heavy atom. The van der Waals surface area contributed by atoms with Crippen LogP contribution in [0.25, 0.3) is 0 Å². The van der Waals surface area contributed by atoms with Crippen LogP contribution >= 0.6 is 31.9 Å². The van der Waals surface area contributed by atoms with Gasteiger partial charge in [0.25, 0.3) is 0 Å². The Morgan fingerprint density at radius 3 is 2.44 bits per heavy atom. The zero-order valence-electron chi connectivity index (χ0n) is 7.88. The van der Waals surface area contributed by atoms with E-state index in [-0.39, 0.29) is 4.83 Å². The molecule has 84 valence electrons. The number of benzene rings is 1. The van der Waals surface area contributed by atoms with Gasteiger partial charge in [0.15, 0.2) is 16.3 Å². The van der Waals surface area contributed by atoms with E-state index in [0.717, 1.165) is 17.7 Å². The second kappa shape index (κ2) is 4.67. The van der Waals surface area contributed by atoms with Gasteiger partial charge in [0.1, 0.15) is 0 Å². The molecule has 0 aliphatic heterocycles. The summed E-state index contributed by atoms with van der Waals surface area (Å²) in [6.07, 6.45) is 1.52. The van der Waals surface area contributed by atoms with Gasteiger partial charge in [-0.25, -0.2) is 8.78 Å². The topological polar surface area (TPSA) is 13.1 Å². The maximum Gasteiger partial charge on any atom is 0.173 e. The molecule has 1 aromatic carbocycles. The number of hydrogen-bond acceptors (Lipinski definition) is 1. The van der Waals surface area contributed by atoms with Gasteiger partial charge in [0.05, 0.1) is 11.1 Å².